The van der Waals surface area contributed by atoms with Crippen molar-refractivity contribution < 1.29 is 19.2 Å². The number of likely N-dealkylation sites (N-methyl/N-ethyl adjacent to an activating group) is 1. The fourth-order valence-corrected chi connectivity index (χ4v) is 3.93. The Hall–Kier alpha value is -3.68. The molecule has 2 aliphatic rings. The van der Waals surface area contributed by atoms with Crippen molar-refractivity contribution in [3.05, 3.63) is 65.2 Å². The highest BCUT2D eigenvalue weighted by atomic mass is 16.2. The molecule has 2 aromatic rings. The van der Waals surface area contributed by atoms with Crippen LogP contribution in [0.2, 0.25) is 0 Å². The quantitative estimate of drug-likeness (QED) is 0.702. The van der Waals surface area contributed by atoms with Gasteiger partial charge in [-0.3, -0.25) is 19.2 Å². The summed E-state index contributed by atoms with van der Waals surface area (Å²) >= 11 is 0. The highest BCUT2D eigenvalue weighted by molar-refractivity contribution is 6.10. The second kappa shape index (κ2) is 7.98. The summed E-state index contributed by atoms with van der Waals surface area (Å²) in [5, 5.41) is 7.94. The van der Waals surface area contributed by atoms with Crippen LogP contribution >= 0.6 is 0 Å². The first-order valence-corrected chi connectivity index (χ1v) is 9.76. The summed E-state index contributed by atoms with van der Waals surface area (Å²) in [5.74, 6) is -1.52. The minimum Gasteiger partial charge on any atom is -0.357 e. The van der Waals surface area contributed by atoms with Gasteiger partial charge >= 0.3 is 0 Å². The first-order chi connectivity index (χ1) is 14.5. The summed E-state index contributed by atoms with van der Waals surface area (Å²) in [6.45, 7) is 0.273. The number of carbonyl (C=O) groups excluding carboxylic acids is 4. The number of hydrogen-bond donors (Lipinski definition) is 3. The highest BCUT2D eigenvalue weighted by Crippen LogP contribution is 2.25. The Bertz CT molecular complexity index is 1040. The normalized spacial score (nSPS) is 20.2. The van der Waals surface area contributed by atoms with E-state index < -0.39 is 23.9 Å². The molecule has 0 spiro atoms. The van der Waals surface area contributed by atoms with E-state index >= 15 is 0 Å². The average Bonchev–Trinajstić information content (AvgIpc) is 2.88. The molecule has 4 rings (SSSR count). The van der Waals surface area contributed by atoms with Gasteiger partial charge in [-0.05, 0) is 23.3 Å². The topological polar surface area (TPSA) is 108 Å². The SMILES string of the molecule is CNC(=O)C1Cc2ccccc2CN1C(=O)C[C@@H]1NC(=O)c2ccccc2NC1=O. The van der Waals surface area contributed by atoms with Gasteiger partial charge in [0.1, 0.15) is 12.1 Å². The fourth-order valence-electron chi connectivity index (χ4n) is 3.93. The maximum atomic E-state index is 13.2. The molecule has 0 saturated heterocycles. The van der Waals surface area contributed by atoms with Crippen molar-refractivity contribution in [3.8, 4) is 0 Å². The number of nitrogens with one attached hydrogen (secondary N) is 3. The van der Waals surface area contributed by atoms with Gasteiger partial charge in [-0.25, -0.2) is 0 Å². The number of benzene rings is 2. The second-order valence-corrected chi connectivity index (χ2v) is 7.39. The zero-order chi connectivity index (χ0) is 21.3. The molecule has 8 heteroatoms. The molecule has 2 aliphatic heterocycles. The molecule has 30 heavy (non-hydrogen) atoms. The largest absolute Gasteiger partial charge is 0.357 e. The molecule has 0 aliphatic carbocycles. The predicted octanol–water partition coefficient (Wildman–Crippen LogP) is 0.827. The average molecular weight is 406 g/mol. The van der Waals surface area contributed by atoms with Crippen LogP contribution in [0.3, 0.4) is 0 Å². The van der Waals surface area contributed by atoms with Gasteiger partial charge in [0.25, 0.3) is 5.91 Å². The molecule has 8 nitrogen and oxygen atoms in total. The Kier molecular flexibility index (Phi) is 5.22. The number of rotatable bonds is 3. The molecule has 0 radical (unpaired) electrons. The molecule has 1 unspecified atom stereocenters. The third-order valence-corrected chi connectivity index (χ3v) is 5.55. The molecule has 154 valence electrons. The van der Waals surface area contributed by atoms with Crippen LogP contribution < -0.4 is 16.0 Å². The summed E-state index contributed by atoms with van der Waals surface area (Å²) in [4.78, 5) is 52.2. The lowest BCUT2D eigenvalue weighted by atomic mass is 9.93. The van der Waals surface area contributed by atoms with E-state index in [9.17, 15) is 19.2 Å². The smallest absolute Gasteiger partial charge is 0.254 e. The lowest BCUT2D eigenvalue weighted by Crippen LogP contribution is -2.54. The molecule has 2 aromatic carbocycles. The third kappa shape index (κ3) is 3.63. The molecule has 2 atom stereocenters. The first-order valence-electron chi connectivity index (χ1n) is 9.76. The van der Waals surface area contributed by atoms with E-state index in [1.807, 2.05) is 24.3 Å². The Morgan fingerprint density at radius 1 is 1.07 bits per heavy atom. The van der Waals surface area contributed by atoms with Crippen molar-refractivity contribution >= 4 is 29.3 Å². The summed E-state index contributed by atoms with van der Waals surface area (Å²) in [6.07, 6.45) is 0.164. The zero-order valence-electron chi connectivity index (χ0n) is 16.5. The van der Waals surface area contributed by atoms with Gasteiger partial charge in [-0.1, -0.05) is 36.4 Å². The number of para-hydroxylation sites is 1. The fraction of sp³-hybridized carbons (Fsp3) is 0.273. The molecule has 2 heterocycles. The summed E-state index contributed by atoms with van der Waals surface area (Å²) in [6, 6.07) is 12.6. The van der Waals surface area contributed by atoms with Crippen molar-refractivity contribution in [2.75, 3.05) is 12.4 Å². The van der Waals surface area contributed by atoms with Crippen molar-refractivity contribution in [2.45, 2.75) is 31.5 Å². The van der Waals surface area contributed by atoms with Crippen molar-refractivity contribution in [2.24, 2.45) is 0 Å². The van der Waals surface area contributed by atoms with Gasteiger partial charge in [0.2, 0.25) is 17.7 Å². The zero-order valence-corrected chi connectivity index (χ0v) is 16.5. The minimum atomic E-state index is -1.03. The molecule has 4 amide bonds. The van der Waals surface area contributed by atoms with E-state index in [2.05, 4.69) is 16.0 Å². The van der Waals surface area contributed by atoms with E-state index in [-0.39, 0.29) is 24.8 Å². The van der Waals surface area contributed by atoms with Crippen LogP contribution in [-0.4, -0.2) is 47.7 Å². The lowest BCUT2D eigenvalue weighted by Gasteiger charge is -2.36. The van der Waals surface area contributed by atoms with Crippen LogP contribution in [0.15, 0.2) is 48.5 Å². The van der Waals surface area contributed by atoms with Crippen LogP contribution in [0.5, 0.6) is 0 Å². The number of nitrogens with zero attached hydrogens (tertiary/aromatic N) is 1. The summed E-state index contributed by atoms with van der Waals surface area (Å²) in [5.41, 5.74) is 2.74. The van der Waals surface area contributed by atoms with Gasteiger partial charge in [0.15, 0.2) is 0 Å². The lowest BCUT2D eigenvalue weighted by molar-refractivity contribution is -0.142. The number of amides is 4. The standard InChI is InChI=1S/C22H22N4O4/c1-23-22(30)18-10-13-6-2-3-7-14(13)12-26(18)19(27)11-17-21(29)24-16-9-5-4-8-15(16)20(28)25-17/h2-9,17-18H,10-12H2,1H3,(H,23,30)(H,24,29)(H,25,28)/t17-,18?/m0/s1. The van der Waals surface area contributed by atoms with Crippen molar-refractivity contribution in [1.82, 2.24) is 15.5 Å². The molecular weight excluding hydrogens is 384 g/mol. The monoisotopic (exact) mass is 406 g/mol. The van der Waals surface area contributed by atoms with E-state index in [0.717, 1.165) is 11.1 Å². The molecule has 3 N–H and O–H groups in total. The maximum Gasteiger partial charge on any atom is 0.254 e. The second-order valence-electron chi connectivity index (χ2n) is 7.39. The number of anilines is 1. The van der Waals surface area contributed by atoms with Crippen LogP contribution in [-0.2, 0) is 27.3 Å². The Morgan fingerprint density at radius 3 is 2.53 bits per heavy atom. The van der Waals surface area contributed by atoms with E-state index in [1.54, 1.807) is 24.3 Å². The van der Waals surface area contributed by atoms with Crippen LogP contribution in [0, 0.1) is 0 Å². The van der Waals surface area contributed by atoms with E-state index in [0.29, 0.717) is 17.7 Å². The van der Waals surface area contributed by atoms with Gasteiger partial charge in [-0.2, -0.15) is 0 Å². The summed E-state index contributed by atoms with van der Waals surface area (Å²) in [7, 11) is 1.53. The first kappa shape index (κ1) is 19.6. The maximum absolute atomic E-state index is 13.2. The van der Waals surface area contributed by atoms with Crippen LogP contribution in [0.4, 0.5) is 5.69 Å². The summed E-state index contributed by atoms with van der Waals surface area (Å²) < 4.78 is 0. The Morgan fingerprint density at radius 2 is 1.77 bits per heavy atom. The number of carbonyl (C=O) groups is 4. The van der Waals surface area contributed by atoms with Gasteiger partial charge in [0, 0.05) is 20.0 Å². The van der Waals surface area contributed by atoms with Crippen molar-refractivity contribution in [3.63, 3.8) is 0 Å². The third-order valence-electron chi connectivity index (χ3n) is 5.55. The molecule has 0 aromatic heterocycles. The van der Waals surface area contributed by atoms with Gasteiger partial charge in [0.05, 0.1) is 17.7 Å². The van der Waals surface area contributed by atoms with Gasteiger partial charge in [-0.15, -0.1) is 0 Å². The van der Waals surface area contributed by atoms with Gasteiger partial charge < -0.3 is 20.9 Å². The van der Waals surface area contributed by atoms with E-state index in [4.69, 9.17) is 0 Å². The Balaban J connectivity index is 1.55. The predicted molar refractivity (Wildman–Crippen MR) is 109 cm³/mol. The molecule has 0 bridgehead atoms. The molecular formula is C22H22N4O4. The number of hydrogen-bond acceptors (Lipinski definition) is 4. The van der Waals surface area contributed by atoms with Crippen LogP contribution in [0.25, 0.3) is 0 Å². The highest BCUT2D eigenvalue weighted by Gasteiger charge is 2.37. The Labute approximate surface area is 173 Å². The van der Waals surface area contributed by atoms with Crippen molar-refractivity contribution in [1.29, 1.82) is 0 Å². The van der Waals surface area contributed by atoms with E-state index in [1.165, 1.54) is 11.9 Å². The van der Waals surface area contributed by atoms with Crippen LogP contribution in [0.1, 0.15) is 27.9 Å². The molecule has 0 saturated carbocycles. The molecule has 0 fully saturated rings. The minimum absolute atomic E-state index is 0.235. The number of fused-ring (bicyclic) bond motifs is 2.